The third-order valence-corrected chi connectivity index (χ3v) is 7.44. The lowest BCUT2D eigenvalue weighted by Crippen LogP contribution is -2.15. The van der Waals surface area contributed by atoms with Gasteiger partial charge in [0.25, 0.3) is 0 Å². The smallest absolute Gasteiger partial charge is 0.234 e. The Bertz CT molecular complexity index is 1440. The summed E-state index contributed by atoms with van der Waals surface area (Å²) in [4.78, 5) is 14.0. The van der Waals surface area contributed by atoms with Crippen molar-refractivity contribution < 1.29 is 4.79 Å². The number of thioether (sulfide) groups is 2. The molecule has 5 nitrogen and oxygen atoms in total. The molecule has 5 aromatic rings. The number of anilines is 1. The molecule has 0 spiro atoms. The second-order valence-electron chi connectivity index (χ2n) is 8.04. The van der Waals surface area contributed by atoms with Gasteiger partial charge in [-0.25, -0.2) is 0 Å². The van der Waals surface area contributed by atoms with Gasteiger partial charge in [-0.1, -0.05) is 84.1 Å². The van der Waals surface area contributed by atoms with Crippen LogP contribution in [0.2, 0.25) is 0 Å². The maximum atomic E-state index is 12.8. The average Bonchev–Trinajstić information content (AvgIpc) is 3.31. The molecule has 0 saturated heterocycles. The van der Waals surface area contributed by atoms with Crippen LogP contribution in [0.5, 0.6) is 0 Å². The van der Waals surface area contributed by atoms with E-state index in [0.29, 0.717) is 10.9 Å². The Morgan fingerprint density at radius 1 is 0.829 bits per heavy atom. The summed E-state index contributed by atoms with van der Waals surface area (Å²) < 4.78 is 2.04. The van der Waals surface area contributed by atoms with Crippen LogP contribution in [-0.2, 0) is 10.5 Å². The van der Waals surface area contributed by atoms with E-state index in [1.54, 1.807) is 11.8 Å². The van der Waals surface area contributed by atoms with Gasteiger partial charge in [0.1, 0.15) is 5.82 Å². The number of para-hydroxylation sites is 1. The van der Waals surface area contributed by atoms with E-state index in [2.05, 4.69) is 46.7 Å². The zero-order chi connectivity index (χ0) is 24.0. The highest BCUT2D eigenvalue weighted by Gasteiger charge is 2.16. The minimum Gasteiger partial charge on any atom is -0.325 e. The highest BCUT2D eigenvalue weighted by atomic mass is 32.2. The molecule has 1 aromatic heterocycles. The van der Waals surface area contributed by atoms with Crippen molar-refractivity contribution in [2.45, 2.75) is 22.7 Å². The highest BCUT2D eigenvalue weighted by molar-refractivity contribution is 7.99. The average molecular weight is 497 g/mol. The second-order valence-corrected chi connectivity index (χ2v) is 10.0. The molecule has 0 bridgehead atoms. The lowest BCUT2D eigenvalue weighted by atomic mass is 10.1. The minimum absolute atomic E-state index is 0.0791. The number of nitrogens with zero attached hydrogens (tertiary/aromatic N) is 3. The number of hydrogen-bond donors (Lipinski definition) is 1. The van der Waals surface area contributed by atoms with Gasteiger partial charge in [0.2, 0.25) is 5.91 Å². The molecule has 0 atom stereocenters. The number of carbonyl (C=O) groups excluding carboxylic acids is 1. The summed E-state index contributed by atoms with van der Waals surface area (Å²) in [5.74, 6) is 1.68. The molecular weight excluding hydrogens is 472 g/mol. The number of benzene rings is 4. The van der Waals surface area contributed by atoms with Crippen LogP contribution >= 0.6 is 23.5 Å². The molecule has 4 aromatic carbocycles. The van der Waals surface area contributed by atoms with Gasteiger partial charge in [-0.15, -0.1) is 22.0 Å². The van der Waals surface area contributed by atoms with Gasteiger partial charge < -0.3 is 5.32 Å². The second kappa shape index (κ2) is 10.8. The van der Waals surface area contributed by atoms with Gasteiger partial charge >= 0.3 is 0 Å². The molecule has 0 aliphatic rings. The normalized spacial score (nSPS) is 11.0. The van der Waals surface area contributed by atoms with E-state index in [1.807, 2.05) is 77.4 Å². The first-order valence-electron chi connectivity index (χ1n) is 11.3. The Kier molecular flexibility index (Phi) is 7.16. The summed E-state index contributed by atoms with van der Waals surface area (Å²) in [7, 11) is 0. The van der Waals surface area contributed by atoms with Crippen LogP contribution in [0.4, 0.5) is 5.69 Å². The van der Waals surface area contributed by atoms with E-state index in [0.717, 1.165) is 28.0 Å². The zero-order valence-corrected chi connectivity index (χ0v) is 20.9. The van der Waals surface area contributed by atoms with Gasteiger partial charge in [-0.2, -0.15) is 0 Å². The summed E-state index contributed by atoms with van der Waals surface area (Å²) in [5, 5.41) is 14.8. The van der Waals surface area contributed by atoms with Gasteiger partial charge in [-0.3, -0.25) is 9.36 Å². The molecule has 1 N–H and O–H groups in total. The van der Waals surface area contributed by atoms with E-state index in [9.17, 15) is 4.79 Å². The molecule has 1 heterocycles. The van der Waals surface area contributed by atoms with Crippen molar-refractivity contribution in [3.8, 4) is 5.69 Å². The SMILES string of the molecule is Cc1ccc(SCc2nnc(SCC(=O)Nc3cccc4ccccc34)n2-c2ccccc2)cc1. The number of aromatic nitrogens is 3. The fourth-order valence-corrected chi connectivity index (χ4v) is 5.34. The number of fused-ring (bicyclic) bond motifs is 1. The maximum absolute atomic E-state index is 12.8. The Hall–Kier alpha value is -3.55. The molecule has 174 valence electrons. The van der Waals surface area contributed by atoms with Crippen LogP contribution in [0, 0.1) is 6.92 Å². The van der Waals surface area contributed by atoms with E-state index in [4.69, 9.17) is 0 Å². The Morgan fingerprint density at radius 3 is 2.40 bits per heavy atom. The van der Waals surface area contributed by atoms with E-state index in [1.165, 1.54) is 22.2 Å². The Balaban J connectivity index is 1.32. The standard InChI is InChI=1S/C28H24N4OS2/c1-20-14-16-23(17-15-20)34-18-26-30-31-28(32(26)22-10-3-2-4-11-22)35-19-27(33)29-25-13-7-9-21-8-5-6-12-24(21)25/h2-17H,18-19H2,1H3,(H,29,33). The van der Waals surface area contributed by atoms with Crippen LogP contribution < -0.4 is 5.32 Å². The predicted octanol–water partition coefficient (Wildman–Crippen LogP) is 6.75. The number of aryl methyl sites for hydroxylation is 1. The van der Waals surface area contributed by atoms with Crippen LogP contribution in [0.25, 0.3) is 16.5 Å². The first-order chi connectivity index (χ1) is 17.2. The van der Waals surface area contributed by atoms with Crippen molar-refractivity contribution in [2.75, 3.05) is 11.1 Å². The molecule has 7 heteroatoms. The van der Waals surface area contributed by atoms with Gasteiger partial charge in [0.05, 0.1) is 11.5 Å². The number of carbonyl (C=O) groups is 1. The first-order valence-corrected chi connectivity index (χ1v) is 13.2. The number of amides is 1. The van der Waals surface area contributed by atoms with Gasteiger partial charge in [0, 0.05) is 21.7 Å². The molecular formula is C28H24N4OS2. The fraction of sp³-hybridized carbons (Fsp3) is 0.107. The molecule has 35 heavy (non-hydrogen) atoms. The number of hydrogen-bond acceptors (Lipinski definition) is 5. The van der Waals surface area contributed by atoms with E-state index >= 15 is 0 Å². The molecule has 5 rings (SSSR count). The van der Waals surface area contributed by atoms with Crippen molar-refractivity contribution >= 4 is 45.9 Å². The molecule has 1 amide bonds. The predicted molar refractivity (Wildman–Crippen MR) is 145 cm³/mol. The largest absolute Gasteiger partial charge is 0.325 e. The summed E-state index contributed by atoms with van der Waals surface area (Å²) >= 11 is 3.11. The molecule has 0 aliphatic carbocycles. The van der Waals surface area contributed by atoms with Gasteiger partial charge in [0.15, 0.2) is 5.16 Å². The molecule has 0 saturated carbocycles. The van der Waals surface area contributed by atoms with Crippen LogP contribution in [-0.4, -0.2) is 26.4 Å². The fourth-order valence-electron chi connectivity index (χ4n) is 3.76. The lowest BCUT2D eigenvalue weighted by Gasteiger charge is -2.11. The Labute approximate surface area is 213 Å². The Morgan fingerprint density at radius 2 is 1.57 bits per heavy atom. The minimum atomic E-state index is -0.0791. The summed E-state index contributed by atoms with van der Waals surface area (Å²) in [6, 6.07) is 32.5. The van der Waals surface area contributed by atoms with E-state index in [-0.39, 0.29) is 11.7 Å². The van der Waals surface area contributed by atoms with Crippen molar-refractivity contribution in [3.63, 3.8) is 0 Å². The summed E-state index contributed by atoms with van der Waals surface area (Å²) in [5.41, 5.74) is 3.03. The van der Waals surface area contributed by atoms with Gasteiger partial charge in [-0.05, 0) is 42.6 Å². The monoisotopic (exact) mass is 496 g/mol. The number of nitrogens with one attached hydrogen (secondary N) is 1. The summed E-state index contributed by atoms with van der Waals surface area (Å²) in [6.07, 6.45) is 0. The molecule has 0 aliphatic heterocycles. The van der Waals surface area contributed by atoms with Crippen molar-refractivity contribution in [3.05, 3.63) is 108 Å². The topological polar surface area (TPSA) is 59.8 Å². The van der Waals surface area contributed by atoms with Crippen LogP contribution in [0.1, 0.15) is 11.4 Å². The van der Waals surface area contributed by atoms with Crippen molar-refractivity contribution in [1.82, 2.24) is 14.8 Å². The number of rotatable bonds is 8. The summed E-state index contributed by atoms with van der Waals surface area (Å²) in [6.45, 7) is 2.08. The molecule has 0 unspecified atom stereocenters. The first kappa shape index (κ1) is 23.2. The highest BCUT2D eigenvalue weighted by Crippen LogP contribution is 2.28. The van der Waals surface area contributed by atoms with Crippen LogP contribution in [0.3, 0.4) is 0 Å². The lowest BCUT2D eigenvalue weighted by molar-refractivity contribution is -0.113. The van der Waals surface area contributed by atoms with Crippen molar-refractivity contribution in [1.29, 1.82) is 0 Å². The quantitative estimate of drug-likeness (QED) is 0.241. The third-order valence-electron chi connectivity index (χ3n) is 5.50. The zero-order valence-electron chi connectivity index (χ0n) is 19.2. The van der Waals surface area contributed by atoms with E-state index < -0.39 is 0 Å². The molecule has 0 fully saturated rings. The van der Waals surface area contributed by atoms with Crippen molar-refractivity contribution in [2.24, 2.45) is 0 Å². The third kappa shape index (κ3) is 5.58. The maximum Gasteiger partial charge on any atom is 0.234 e. The van der Waals surface area contributed by atoms with Crippen LogP contribution in [0.15, 0.2) is 107 Å². The molecule has 0 radical (unpaired) electrons.